The maximum absolute atomic E-state index is 9.83. The number of hydrogen-bond acceptors (Lipinski definition) is 3. The summed E-state index contributed by atoms with van der Waals surface area (Å²) in [6.45, 7) is 6.47. The van der Waals surface area contributed by atoms with Crippen LogP contribution in [0.1, 0.15) is 26.6 Å². The molecule has 1 aromatic heterocycles. The van der Waals surface area contributed by atoms with Gasteiger partial charge in [-0.3, -0.25) is 0 Å². The molecule has 0 saturated heterocycles. The van der Waals surface area contributed by atoms with Gasteiger partial charge in [-0.25, -0.2) is 4.98 Å². The molecular formula is C11H20N2OS. The van der Waals surface area contributed by atoms with Crippen LogP contribution in [-0.4, -0.2) is 31.3 Å². The van der Waals surface area contributed by atoms with Gasteiger partial charge in [0.2, 0.25) is 0 Å². The fourth-order valence-electron chi connectivity index (χ4n) is 1.21. The molecule has 1 heterocycles. The van der Waals surface area contributed by atoms with E-state index in [9.17, 15) is 5.11 Å². The lowest BCUT2D eigenvalue weighted by atomic mass is 10.2. The van der Waals surface area contributed by atoms with Crippen LogP contribution in [0.3, 0.4) is 0 Å². The van der Waals surface area contributed by atoms with Crippen molar-refractivity contribution in [1.82, 2.24) is 9.55 Å². The van der Waals surface area contributed by atoms with Gasteiger partial charge in [0.05, 0.1) is 6.10 Å². The minimum Gasteiger partial charge on any atom is -0.392 e. The Morgan fingerprint density at radius 1 is 1.53 bits per heavy atom. The lowest BCUT2D eigenvalue weighted by molar-refractivity contribution is 0.196. The highest BCUT2D eigenvalue weighted by atomic mass is 32.2. The number of aliphatic hydroxyl groups excluding tert-OH is 1. The Kier molecular flexibility index (Phi) is 4.22. The Bertz CT molecular complexity index is 304. The van der Waals surface area contributed by atoms with Crippen LogP contribution in [-0.2, 0) is 13.5 Å². The van der Waals surface area contributed by atoms with Crippen LogP contribution in [0.2, 0.25) is 0 Å². The lowest BCUT2D eigenvalue weighted by Crippen LogP contribution is -2.20. The van der Waals surface area contributed by atoms with E-state index in [-0.39, 0.29) is 10.9 Å². The molecule has 0 aliphatic carbocycles. The third-order valence-corrected chi connectivity index (χ3v) is 3.47. The van der Waals surface area contributed by atoms with Crippen molar-refractivity contribution in [2.75, 3.05) is 5.75 Å². The van der Waals surface area contributed by atoms with Crippen molar-refractivity contribution in [2.45, 2.75) is 38.0 Å². The van der Waals surface area contributed by atoms with Gasteiger partial charge in [-0.15, -0.1) is 0 Å². The number of aromatic nitrogens is 2. The van der Waals surface area contributed by atoms with Crippen molar-refractivity contribution in [3.05, 3.63) is 18.2 Å². The number of aliphatic hydroxyl groups is 1. The van der Waals surface area contributed by atoms with E-state index in [4.69, 9.17) is 0 Å². The maximum atomic E-state index is 9.83. The molecule has 0 spiro atoms. The van der Waals surface area contributed by atoms with Gasteiger partial charge in [0.1, 0.15) is 5.82 Å². The van der Waals surface area contributed by atoms with E-state index in [1.54, 1.807) is 18.0 Å². The fourth-order valence-corrected chi connectivity index (χ4v) is 2.02. The van der Waals surface area contributed by atoms with E-state index < -0.39 is 0 Å². The highest BCUT2D eigenvalue weighted by Crippen LogP contribution is 2.24. The summed E-state index contributed by atoms with van der Waals surface area (Å²) in [4.78, 5) is 4.19. The van der Waals surface area contributed by atoms with Crippen LogP contribution in [0.25, 0.3) is 0 Å². The summed E-state index contributed by atoms with van der Waals surface area (Å²) in [5.74, 6) is 1.70. The molecule has 15 heavy (non-hydrogen) atoms. The Morgan fingerprint density at radius 2 is 2.20 bits per heavy atom. The second-order valence-corrected chi connectivity index (χ2v) is 6.58. The molecule has 0 aliphatic rings. The molecule has 3 nitrogen and oxygen atoms in total. The first-order valence-corrected chi connectivity index (χ1v) is 6.15. The monoisotopic (exact) mass is 228 g/mol. The quantitative estimate of drug-likeness (QED) is 0.854. The molecule has 0 fully saturated rings. The summed E-state index contributed by atoms with van der Waals surface area (Å²) in [7, 11) is 1.95. The van der Waals surface area contributed by atoms with E-state index in [0.29, 0.717) is 6.42 Å². The predicted molar refractivity (Wildman–Crippen MR) is 65.1 cm³/mol. The molecule has 0 amide bonds. The van der Waals surface area contributed by atoms with Gasteiger partial charge < -0.3 is 9.67 Å². The molecule has 0 bridgehead atoms. The molecule has 1 aromatic rings. The maximum Gasteiger partial charge on any atom is 0.110 e. The smallest absolute Gasteiger partial charge is 0.110 e. The number of nitrogens with zero attached hydrogens (tertiary/aromatic N) is 2. The number of imidazole rings is 1. The zero-order valence-corrected chi connectivity index (χ0v) is 10.7. The van der Waals surface area contributed by atoms with Gasteiger partial charge in [-0.05, 0) is 0 Å². The molecule has 86 valence electrons. The minimum absolute atomic E-state index is 0.211. The van der Waals surface area contributed by atoms with Gasteiger partial charge in [0.25, 0.3) is 0 Å². The SMILES string of the molecule is Cn1ccnc1CC(O)CSC(C)(C)C. The van der Waals surface area contributed by atoms with Crippen LogP contribution < -0.4 is 0 Å². The molecule has 0 saturated carbocycles. The van der Waals surface area contributed by atoms with Crippen LogP contribution >= 0.6 is 11.8 Å². The summed E-state index contributed by atoms with van der Waals surface area (Å²) in [5.41, 5.74) is 0. The highest BCUT2D eigenvalue weighted by Gasteiger charge is 2.15. The summed E-state index contributed by atoms with van der Waals surface area (Å²) >= 11 is 1.78. The second-order valence-electron chi connectivity index (χ2n) is 4.74. The fraction of sp³-hybridized carbons (Fsp3) is 0.727. The van der Waals surface area contributed by atoms with Crippen molar-refractivity contribution in [3.8, 4) is 0 Å². The molecule has 4 heteroatoms. The third kappa shape index (κ3) is 4.71. The van der Waals surface area contributed by atoms with E-state index >= 15 is 0 Å². The predicted octanol–water partition coefficient (Wildman–Crippen LogP) is 1.86. The normalized spacial score (nSPS) is 14.2. The van der Waals surface area contributed by atoms with Crippen molar-refractivity contribution in [2.24, 2.45) is 7.05 Å². The topological polar surface area (TPSA) is 38.0 Å². The van der Waals surface area contributed by atoms with Crippen LogP contribution in [0.4, 0.5) is 0 Å². The van der Waals surface area contributed by atoms with E-state index in [1.807, 2.05) is 17.8 Å². The van der Waals surface area contributed by atoms with Crippen LogP contribution in [0.5, 0.6) is 0 Å². The zero-order chi connectivity index (χ0) is 11.5. The largest absolute Gasteiger partial charge is 0.392 e. The van der Waals surface area contributed by atoms with Gasteiger partial charge >= 0.3 is 0 Å². The molecule has 1 atom stereocenters. The average Bonchev–Trinajstić information content (AvgIpc) is 2.47. The van der Waals surface area contributed by atoms with E-state index in [1.165, 1.54) is 0 Å². The third-order valence-electron chi connectivity index (χ3n) is 2.05. The summed E-state index contributed by atoms with van der Waals surface area (Å²) in [6.07, 6.45) is 3.99. The van der Waals surface area contributed by atoms with Gasteiger partial charge in [-0.2, -0.15) is 11.8 Å². The first kappa shape index (κ1) is 12.6. The van der Waals surface area contributed by atoms with Crippen molar-refractivity contribution >= 4 is 11.8 Å². The lowest BCUT2D eigenvalue weighted by Gasteiger charge is -2.19. The molecule has 1 rings (SSSR count). The van der Waals surface area contributed by atoms with Gasteiger partial charge in [-0.1, -0.05) is 20.8 Å². The molecule has 1 unspecified atom stereocenters. The standard InChI is InChI=1S/C11H20N2OS/c1-11(2,3)15-8-9(14)7-10-12-5-6-13(10)4/h5-6,9,14H,7-8H2,1-4H3. The molecule has 1 N–H and O–H groups in total. The Labute approximate surface area is 95.9 Å². The number of aryl methyl sites for hydroxylation is 1. The molecule has 0 radical (unpaired) electrons. The van der Waals surface area contributed by atoms with E-state index in [0.717, 1.165) is 11.6 Å². The molecule has 0 aliphatic heterocycles. The van der Waals surface area contributed by atoms with Crippen molar-refractivity contribution < 1.29 is 5.11 Å². The Balaban J connectivity index is 2.37. The number of hydrogen-bond donors (Lipinski definition) is 1. The first-order chi connectivity index (χ1) is 6.88. The van der Waals surface area contributed by atoms with Crippen LogP contribution in [0, 0.1) is 0 Å². The molecule has 0 aromatic carbocycles. The summed E-state index contributed by atoms with van der Waals surface area (Å²) < 4.78 is 2.16. The zero-order valence-electron chi connectivity index (χ0n) is 9.90. The number of rotatable bonds is 4. The Hall–Kier alpha value is -0.480. The minimum atomic E-state index is -0.310. The Morgan fingerprint density at radius 3 is 2.67 bits per heavy atom. The van der Waals surface area contributed by atoms with Crippen molar-refractivity contribution in [3.63, 3.8) is 0 Å². The average molecular weight is 228 g/mol. The van der Waals surface area contributed by atoms with Crippen LogP contribution in [0.15, 0.2) is 12.4 Å². The second kappa shape index (κ2) is 5.03. The van der Waals surface area contributed by atoms with Gasteiger partial charge in [0.15, 0.2) is 0 Å². The summed E-state index contributed by atoms with van der Waals surface area (Å²) in [6, 6.07) is 0. The molecular weight excluding hydrogens is 208 g/mol. The first-order valence-electron chi connectivity index (χ1n) is 5.17. The van der Waals surface area contributed by atoms with E-state index in [2.05, 4.69) is 25.8 Å². The summed E-state index contributed by atoms with van der Waals surface area (Å²) in [5, 5.41) is 9.83. The highest BCUT2D eigenvalue weighted by molar-refractivity contribution is 8.00. The van der Waals surface area contributed by atoms with Gasteiger partial charge in [0, 0.05) is 36.4 Å². The number of thioether (sulfide) groups is 1. The van der Waals surface area contributed by atoms with Crippen molar-refractivity contribution in [1.29, 1.82) is 0 Å².